The number of nitrogens with zero attached hydrogens (tertiary/aromatic N) is 1. The Bertz CT molecular complexity index is 665. The highest BCUT2D eigenvalue weighted by atomic mass is 19.4. The molecule has 0 radical (unpaired) electrons. The molecule has 0 unspecified atom stereocenters. The molecule has 1 aliphatic carbocycles. The number of halogens is 3. The van der Waals surface area contributed by atoms with Crippen LogP contribution >= 0.6 is 0 Å². The molecule has 142 valence electrons. The lowest BCUT2D eigenvalue weighted by molar-refractivity contribution is -0.141. The Hall–Kier alpha value is -2.09. The summed E-state index contributed by atoms with van der Waals surface area (Å²) >= 11 is 0. The molecule has 1 saturated heterocycles. The predicted molar refractivity (Wildman–Crippen MR) is 89.2 cm³/mol. The van der Waals surface area contributed by atoms with Gasteiger partial charge in [0.25, 0.3) is 0 Å². The molecule has 3 amide bonds. The van der Waals surface area contributed by atoms with Crippen molar-refractivity contribution >= 4 is 11.9 Å². The molecular weight excluding hydrogens is 347 g/mol. The average molecular weight is 369 g/mol. The van der Waals surface area contributed by atoms with Gasteiger partial charge < -0.3 is 5.32 Å². The molecule has 1 aliphatic heterocycles. The van der Waals surface area contributed by atoms with E-state index in [-0.39, 0.29) is 12.1 Å². The van der Waals surface area contributed by atoms with Crippen LogP contribution in [0.1, 0.15) is 31.2 Å². The van der Waals surface area contributed by atoms with Crippen molar-refractivity contribution in [2.75, 3.05) is 19.6 Å². The third-order valence-corrected chi connectivity index (χ3v) is 5.35. The number of urea groups is 1. The molecule has 2 N–H and O–H groups in total. The summed E-state index contributed by atoms with van der Waals surface area (Å²) in [5.74, 6) is -0.130. The SMILES string of the molecule is O=C(CN1C[C@@H]2CCCC[C@@]21c1ccccc1)NC(=O)NCC(F)(F)F. The van der Waals surface area contributed by atoms with Gasteiger partial charge in [-0.2, -0.15) is 13.2 Å². The molecule has 2 atom stereocenters. The van der Waals surface area contributed by atoms with Crippen molar-refractivity contribution in [3.8, 4) is 0 Å². The Morgan fingerprint density at radius 3 is 2.58 bits per heavy atom. The number of benzene rings is 1. The van der Waals surface area contributed by atoms with Gasteiger partial charge in [0.1, 0.15) is 6.54 Å². The van der Waals surface area contributed by atoms with Gasteiger partial charge in [0, 0.05) is 6.54 Å². The summed E-state index contributed by atoms with van der Waals surface area (Å²) in [7, 11) is 0. The molecule has 2 fully saturated rings. The molecule has 0 aromatic heterocycles. The Balaban J connectivity index is 1.62. The summed E-state index contributed by atoms with van der Waals surface area (Å²) in [6, 6.07) is 8.87. The fourth-order valence-electron chi connectivity index (χ4n) is 4.26. The number of nitrogens with one attached hydrogen (secondary N) is 2. The minimum absolute atomic E-state index is 0.00910. The number of rotatable bonds is 4. The van der Waals surface area contributed by atoms with Crippen molar-refractivity contribution in [2.45, 2.75) is 37.4 Å². The summed E-state index contributed by atoms with van der Waals surface area (Å²) in [4.78, 5) is 25.6. The van der Waals surface area contributed by atoms with Crippen LogP contribution in [0.2, 0.25) is 0 Å². The quantitative estimate of drug-likeness (QED) is 0.858. The number of hydrogen-bond acceptors (Lipinski definition) is 3. The Labute approximate surface area is 149 Å². The first kappa shape index (κ1) is 18.7. The van der Waals surface area contributed by atoms with Gasteiger partial charge >= 0.3 is 12.2 Å². The average Bonchev–Trinajstić information content (AvgIpc) is 2.58. The van der Waals surface area contributed by atoms with E-state index < -0.39 is 24.7 Å². The molecule has 1 saturated carbocycles. The topological polar surface area (TPSA) is 61.4 Å². The fourth-order valence-corrected chi connectivity index (χ4v) is 4.26. The predicted octanol–water partition coefficient (Wildman–Crippen LogP) is 2.78. The van der Waals surface area contributed by atoms with Crippen molar-refractivity contribution in [3.05, 3.63) is 35.9 Å². The van der Waals surface area contributed by atoms with E-state index in [1.165, 1.54) is 6.42 Å². The number of alkyl halides is 3. The summed E-state index contributed by atoms with van der Waals surface area (Å²) in [5.41, 5.74) is 0.949. The van der Waals surface area contributed by atoms with Crippen LogP contribution < -0.4 is 10.6 Å². The van der Waals surface area contributed by atoms with Gasteiger partial charge in [0.2, 0.25) is 5.91 Å². The molecule has 0 bridgehead atoms. The Morgan fingerprint density at radius 2 is 1.92 bits per heavy atom. The molecule has 3 rings (SSSR count). The molecule has 1 aromatic carbocycles. The Kier molecular flexibility index (Phi) is 5.22. The maximum Gasteiger partial charge on any atom is 0.405 e. The van der Waals surface area contributed by atoms with Gasteiger partial charge in [0.05, 0.1) is 12.1 Å². The molecule has 26 heavy (non-hydrogen) atoms. The monoisotopic (exact) mass is 369 g/mol. The van der Waals surface area contributed by atoms with Gasteiger partial charge in [0.15, 0.2) is 0 Å². The molecule has 2 aliphatic rings. The second-order valence-electron chi connectivity index (χ2n) is 6.96. The van der Waals surface area contributed by atoms with Gasteiger partial charge in [-0.1, -0.05) is 43.2 Å². The zero-order valence-electron chi connectivity index (χ0n) is 14.3. The number of likely N-dealkylation sites (tertiary alicyclic amines) is 1. The number of fused-ring (bicyclic) bond motifs is 1. The highest BCUT2D eigenvalue weighted by molar-refractivity contribution is 5.95. The number of carbonyl (C=O) groups excluding carboxylic acids is 2. The number of carbonyl (C=O) groups is 2. The summed E-state index contributed by atoms with van der Waals surface area (Å²) < 4.78 is 36.3. The Morgan fingerprint density at radius 1 is 1.19 bits per heavy atom. The molecule has 1 heterocycles. The normalized spacial score (nSPS) is 25.7. The first-order valence-corrected chi connectivity index (χ1v) is 8.76. The van der Waals surface area contributed by atoms with Gasteiger partial charge in [-0.15, -0.1) is 0 Å². The van der Waals surface area contributed by atoms with Crippen LogP contribution in [-0.2, 0) is 10.3 Å². The summed E-state index contributed by atoms with van der Waals surface area (Å²) in [6.07, 6.45) is -0.242. The van der Waals surface area contributed by atoms with E-state index in [0.717, 1.165) is 31.4 Å². The highest BCUT2D eigenvalue weighted by Gasteiger charge is 2.55. The third kappa shape index (κ3) is 3.85. The maximum absolute atomic E-state index is 12.1. The van der Waals surface area contributed by atoms with E-state index in [2.05, 4.69) is 12.1 Å². The number of hydrogen-bond donors (Lipinski definition) is 2. The highest BCUT2D eigenvalue weighted by Crippen LogP contribution is 2.53. The maximum atomic E-state index is 12.1. The van der Waals surface area contributed by atoms with Gasteiger partial charge in [-0.05, 0) is 24.3 Å². The van der Waals surface area contributed by atoms with Crippen molar-refractivity contribution in [1.29, 1.82) is 0 Å². The summed E-state index contributed by atoms with van der Waals surface area (Å²) in [6.45, 7) is -0.719. The van der Waals surface area contributed by atoms with Crippen molar-refractivity contribution < 1.29 is 22.8 Å². The van der Waals surface area contributed by atoms with E-state index in [9.17, 15) is 22.8 Å². The molecule has 1 aromatic rings. The fraction of sp³-hybridized carbons (Fsp3) is 0.556. The van der Waals surface area contributed by atoms with E-state index in [1.807, 2.05) is 28.4 Å². The van der Waals surface area contributed by atoms with Crippen molar-refractivity contribution in [1.82, 2.24) is 15.5 Å². The van der Waals surface area contributed by atoms with Crippen LogP contribution in [0.25, 0.3) is 0 Å². The van der Waals surface area contributed by atoms with E-state index in [0.29, 0.717) is 5.92 Å². The van der Waals surface area contributed by atoms with Crippen LogP contribution in [0.4, 0.5) is 18.0 Å². The van der Waals surface area contributed by atoms with Crippen LogP contribution in [-0.4, -0.2) is 42.6 Å². The lowest BCUT2D eigenvalue weighted by Crippen LogP contribution is -2.67. The smallest absolute Gasteiger partial charge is 0.329 e. The molecule has 5 nitrogen and oxygen atoms in total. The van der Waals surface area contributed by atoms with Crippen LogP contribution in [0.15, 0.2) is 30.3 Å². The van der Waals surface area contributed by atoms with Crippen LogP contribution in [0, 0.1) is 5.92 Å². The lowest BCUT2D eigenvalue weighted by atomic mass is 9.62. The van der Waals surface area contributed by atoms with Crippen molar-refractivity contribution in [3.63, 3.8) is 0 Å². The van der Waals surface area contributed by atoms with Gasteiger partial charge in [-0.3, -0.25) is 15.0 Å². The van der Waals surface area contributed by atoms with E-state index in [1.54, 1.807) is 5.32 Å². The lowest BCUT2D eigenvalue weighted by Gasteiger charge is -2.61. The first-order chi connectivity index (χ1) is 12.3. The molecular formula is C18H22F3N3O2. The van der Waals surface area contributed by atoms with Crippen LogP contribution in [0.5, 0.6) is 0 Å². The number of amides is 3. The van der Waals surface area contributed by atoms with Crippen molar-refractivity contribution in [2.24, 2.45) is 5.92 Å². The summed E-state index contributed by atoms with van der Waals surface area (Å²) in [5, 5.41) is 3.63. The standard InChI is InChI=1S/C18H22F3N3O2/c19-18(20,21)12-22-16(26)23-15(25)11-24-10-14-8-4-5-9-17(14,24)13-6-2-1-3-7-13/h1-3,6-7,14H,4-5,8-12H2,(H2,22,23,25,26)/t14-,17+/m0/s1. The molecule has 0 spiro atoms. The molecule has 8 heteroatoms. The zero-order valence-corrected chi connectivity index (χ0v) is 14.3. The van der Waals surface area contributed by atoms with E-state index >= 15 is 0 Å². The largest absolute Gasteiger partial charge is 0.405 e. The minimum atomic E-state index is -4.51. The zero-order chi connectivity index (χ0) is 18.8. The third-order valence-electron chi connectivity index (χ3n) is 5.35. The second kappa shape index (κ2) is 7.26. The second-order valence-corrected chi connectivity index (χ2v) is 6.96. The number of imide groups is 1. The van der Waals surface area contributed by atoms with E-state index in [4.69, 9.17) is 0 Å². The van der Waals surface area contributed by atoms with Gasteiger partial charge in [-0.25, -0.2) is 4.79 Å². The minimum Gasteiger partial charge on any atom is -0.329 e. The van der Waals surface area contributed by atoms with Crippen LogP contribution in [0.3, 0.4) is 0 Å². The first-order valence-electron chi connectivity index (χ1n) is 8.76.